The van der Waals surface area contributed by atoms with Crippen LogP contribution < -0.4 is 10.4 Å². The summed E-state index contributed by atoms with van der Waals surface area (Å²) < 4.78 is 13.6. The van der Waals surface area contributed by atoms with E-state index in [1.54, 1.807) is 41.2 Å². The number of nitrogens with zero attached hydrogens (tertiary/aromatic N) is 4. The minimum Gasteiger partial charge on any atom is -0.437 e. The number of halogens is 2. The van der Waals surface area contributed by atoms with E-state index < -0.39 is 11.5 Å². The lowest BCUT2D eigenvalue weighted by atomic mass is 9.84. The maximum atomic E-state index is 13.4. The van der Waals surface area contributed by atoms with Gasteiger partial charge in [0.15, 0.2) is 17.2 Å². The van der Waals surface area contributed by atoms with Gasteiger partial charge in [0.25, 0.3) is 0 Å². The molecule has 0 spiro atoms. The maximum Gasteiger partial charge on any atom is 0.344 e. The van der Waals surface area contributed by atoms with E-state index in [1.807, 2.05) is 42.5 Å². The molecule has 1 atom stereocenters. The van der Waals surface area contributed by atoms with E-state index in [0.29, 0.717) is 60.8 Å². The predicted octanol–water partition coefficient (Wildman–Crippen LogP) is 6.49. The number of ether oxygens (including phenoxy) is 1. The molecule has 7 nitrogen and oxygen atoms in total. The Bertz CT molecular complexity index is 1880. The molecule has 0 bridgehead atoms. The predicted molar refractivity (Wildman–Crippen MR) is 136 cm³/mol. The summed E-state index contributed by atoms with van der Waals surface area (Å²) in [5, 5.41) is 6.39. The van der Waals surface area contributed by atoms with E-state index in [2.05, 4.69) is 10.1 Å². The first kappa shape index (κ1) is 21.1. The number of rotatable bonds is 2. The first-order valence-corrected chi connectivity index (χ1v) is 11.8. The highest BCUT2D eigenvalue weighted by atomic mass is 35.5. The van der Waals surface area contributed by atoms with Crippen LogP contribution in [0.5, 0.6) is 11.6 Å². The van der Waals surface area contributed by atoms with E-state index >= 15 is 0 Å². The van der Waals surface area contributed by atoms with Crippen molar-refractivity contribution in [2.24, 2.45) is 0 Å². The van der Waals surface area contributed by atoms with Crippen LogP contribution >= 0.6 is 23.2 Å². The fourth-order valence-electron chi connectivity index (χ4n) is 4.67. The zero-order chi connectivity index (χ0) is 24.4. The molecule has 1 aliphatic heterocycles. The van der Waals surface area contributed by atoms with Crippen molar-refractivity contribution in [3.05, 3.63) is 116 Å². The lowest BCUT2D eigenvalue weighted by molar-refractivity contribution is 0.422. The summed E-state index contributed by atoms with van der Waals surface area (Å²) in [5.74, 6) is 0.601. The molecular formula is C27H14Cl2N4O3. The third-order valence-corrected chi connectivity index (χ3v) is 6.86. The molecule has 0 N–H and O–H groups in total. The van der Waals surface area contributed by atoms with Crippen LogP contribution in [0.25, 0.3) is 28.0 Å². The summed E-state index contributed by atoms with van der Waals surface area (Å²) in [5.41, 5.74) is 2.88. The van der Waals surface area contributed by atoms with Gasteiger partial charge < -0.3 is 9.15 Å². The van der Waals surface area contributed by atoms with Gasteiger partial charge in [-0.2, -0.15) is 0 Å². The normalized spacial score (nSPS) is 14.4. The van der Waals surface area contributed by atoms with E-state index in [9.17, 15) is 4.79 Å². The minimum absolute atomic E-state index is 0.337. The summed E-state index contributed by atoms with van der Waals surface area (Å²) >= 11 is 12.6. The van der Waals surface area contributed by atoms with Crippen LogP contribution in [0.2, 0.25) is 10.0 Å². The largest absolute Gasteiger partial charge is 0.437 e. The first-order chi connectivity index (χ1) is 17.6. The zero-order valence-corrected chi connectivity index (χ0v) is 19.9. The average molecular weight is 513 g/mol. The Hall–Kier alpha value is -4.20. The van der Waals surface area contributed by atoms with Crippen LogP contribution in [-0.4, -0.2) is 19.6 Å². The van der Waals surface area contributed by atoms with Crippen molar-refractivity contribution in [3.8, 4) is 23.0 Å². The molecule has 1 unspecified atom stereocenters. The first-order valence-electron chi connectivity index (χ1n) is 11.1. The number of para-hydroxylation sites is 1. The number of hydrogen-bond donors (Lipinski definition) is 0. The van der Waals surface area contributed by atoms with Gasteiger partial charge >= 0.3 is 5.63 Å². The third-order valence-electron chi connectivity index (χ3n) is 6.28. The van der Waals surface area contributed by atoms with Gasteiger partial charge in [0, 0.05) is 10.6 Å². The lowest BCUT2D eigenvalue weighted by Gasteiger charge is -2.27. The number of fused-ring (bicyclic) bond motifs is 6. The maximum absolute atomic E-state index is 13.4. The molecule has 4 heterocycles. The molecule has 1 aliphatic rings. The number of hydrogen-bond acceptors (Lipinski definition) is 6. The van der Waals surface area contributed by atoms with Gasteiger partial charge in [-0.05, 0) is 42.0 Å². The topological polar surface area (TPSA) is 82.5 Å². The fourth-order valence-corrected chi connectivity index (χ4v) is 5.02. The second kappa shape index (κ2) is 7.91. The SMILES string of the molecule is O=c1oc2ccccc2c2c1C(c1ccc(Cl)cc1)c1c(ncn3nc(-c4ccccc4Cl)nc13)O2. The van der Waals surface area contributed by atoms with Crippen LogP contribution in [0, 0.1) is 0 Å². The van der Waals surface area contributed by atoms with Crippen LogP contribution in [0.1, 0.15) is 22.6 Å². The van der Waals surface area contributed by atoms with E-state index in [-0.39, 0.29) is 0 Å². The van der Waals surface area contributed by atoms with Crippen molar-refractivity contribution in [2.75, 3.05) is 0 Å². The second-order valence-corrected chi connectivity index (χ2v) is 9.21. The summed E-state index contributed by atoms with van der Waals surface area (Å²) in [6, 6.07) is 21.9. The van der Waals surface area contributed by atoms with Crippen molar-refractivity contribution < 1.29 is 9.15 Å². The Balaban J connectivity index is 1.55. The molecule has 0 saturated carbocycles. The van der Waals surface area contributed by atoms with Gasteiger partial charge in [-0.15, -0.1) is 5.10 Å². The molecule has 0 amide bonds. The van der Waals surface area contributed by atoms with Crippen LogP contribution in [0.4, 0.5) is 0 Å². The van der Waals surface area contributed by atoms with Gasteiger partial charge in [0.2, 0.25) is 5.88 Å². The molecule has 7 rings (SSSR count). The molecule has 0 aliphatic carbocycles. The van der Waals surface area contributed by atoms with Crippen molar-refractivity contribution >= 4 is 39.8 Å². The summed E-state index contributed by atoms with van der Waals surface area (Å²) in [4.78, 5) is 22.7. The second-order valence-electron chi connectivity index (χ2n) is 8.36. The lowest BCUT2D eigenvalue weighted by Crippen LogP contribution is -2.22. The van der Waals surface area contributed by atoms with Crippen molar-refractivity contribution in [1.82, 2.24) is 19.6 Å². The molecule has 3 aromatic carbocycles. The summed E-state index contributed by atoms with van der Waals surface area (Å²) in [6.45, 7) is 0. The Kier molecular flexibility index (Phi) is 4.64. The molecule has 36 heavy (non-hydrogen) atoms. The molecule has 174 valence electrons. The van der Waals surface area contributed by atoms with Crippen LogP contribution in [0.3, 0.4) is 0 Å². The number of aromatic nitrogens is 4. The zero-order valence-electron chi connectivity index (χ0n) is 18.4. The van der Waals surface area contributed by atoms with Gasteiger partial charge in [-0.3, -0.25) is 0 Å². The van der Waals surface area contributed by atoms with E-state index in [1.165, 1.54) is 0 Å². The van der Waals surface area contributed by atoms with Crippen LogP contribution in [-0.2, 0) is 0 Å². The standard InChI is InChI=1S/C27H14Cl2N4O3/c28-15-11-9-14(10-12-15)20-21-23(17-6-2-4-8-19(17)35-27(21)34)36-26-22(20)25-31-24(32-33(25)13-30-26)16-5-1-3-7-18(16)29/h1-13,20H. The highest BCUT2D eigenvalue weighted by molar-refractivity contribution is 6.33. The molecule has 0 fully saturated rings. The molecule has 0 saturated heterocycles. The minimum atomic E-state index is -0.582. The quantitative estimate of drug-likeness (QED) is 0.246. The van der Waals surface area contributed by atoms with Crippen molar-refractivity contribution in [2.45, 2.75) is 5.92 Å². The van der Waals surface area contributed by atoms with Crippen molar-refractivity contribution in [1.29, 1.82) is 0 Å². The highest BCUT2D eigenvalue weighted by Crippen LogP contribution is 2.49. The van der Waals surface area contributed by atoms with E-state index in [0.717, 1.165) is 5.56 Å². The average Bonchev–Trinajstić information content (AvgIpc) is 3.33. The fraction of sp³-hybridized carbons (Fsp3) is 0.0370. The Morgan fingerprint density at radius 2 is 1.67 bits per heavy atom. The van der Waals surface area contributed by atoms with Crippen LogP contribution in [0.15, 0.2) is 88.3 Å². The smallest absolute Gasteiger partial charge is 0.344 e. The number of benzene rings is 3. The molecule has 6 aromatic rings. The van der Waals surface area contributed by atoms with Crippen molar-refractivity contribution in [3.63, 3.8) is 0 Å². The Labute approximate surface area is 213 Å². The summed E-state index contributed by atoms with van der Waals surface area (Å²) in [6.07, 6.45) is 1.54. The molecule has 3 aromatic heterocycles. The van der Waals surface area contributed by atoms with Gasteiger partial charge in [0.05, 0.1) is 27.5 Å². The van der Waals surface area contributed by atoms with Gasteiger partial charge in [-0.1, -0.05) is 59.6 Å². The van der Waals surface area contributed by atoms with Gasteiger partial charge in [0.1, 0.15) is 11.9 Å². The van der Waals surface area contributed by atoms with E-state index in [4.69, 9.17) is 37.3 Å². The monoisotopic (exact) mass is 512 g/mol. The molecule has 0 radical (unpaired) electrons. The highest BCUT2D eigenvalue weighted by Gasteiger charge is 2.37. The molecule has 9 heteroatoms. The Morgan fingerprint density at radius 3 is 2.50 bits per heavy atom. The third kappa shape index (κ3) is 3.13. The molecular weight excluding hydrogens is 499 g/mol. The van der Waals surface area contributed by atoms with Gasteiger partial charge in [-0.25, -0.2) is 19.3 Å². The summed E-state index contributed by atoms with van der Waals surface area (Å²) in [7, 11) is 0. The Morgan fingerprint density at radius 1 is 0.889 bits per heavy atom.